The van der Waals surface area contributed by atoms with E-state index >= 15 is 0 Å². The Morgan fingerprint density at radius 1 is 1.14 bits per heavy atom. The summed E-state index contributed by atoms with van der Waals surface area (Å²) in [6.07, 6.45) is 4.23. The first-order valence-corrected chi connectivity index (χ1v) is 7.11. The molecule has 0 unspecified atom stereocenters. The smallest absolute Gasteiger partial charge is 0.220 e. The zero-order valence-corrected chi connectivity index (χ0v) is 11.9. The number of nitrogens with zero attached hydrogens (tertiary/aromatic N) is 3. The Bertz CT molecular complexity index is 644. The zero-order valence-electron chi connectivity index (χ0n) is 11.9. The van der Waals surface area contributed by atoms with Gasteiger partial charge in [0.25, 0.3) is 0 Å². The molecule has 0 amide bonds. The van der Waals surface area contributed by atoms with Crippen LogP contribution in [0.5, 0.6) is 5.75 Å². The number of halogens is 2. The predicted octanol–water partition coefficient (Wildman–Crippen LogP) is 1.78. The van der Waals surface area contributed by atoms with Crippen LogP contribution in [0.3, 0.4) is 0 Å². The molecule has 0 radical (unpaired) electrons. The molecule has 1 aromatic rings. The van der Waals surface area contributed by atoms with Gasteiger partial charge in [0.2, 0.25) is 11.9 Å². The van der Waals surface area contributed by atoms with E-state index in [0.29, 0.717) is 12.8 Å². The lowest BCUT2D eigenvalue weighted by molar-refractivity contribution is 0.305. The van der Waals surface area contributed by atoms with Gasteiger partial charge < -0.3 is 16.6 Å². The number of aliphatic imine (C=N–C) groups is 2. The van der Waals surface area contributed by atoms with Gasteiger partial charge in [-0.25, -0.2) is 9.38 Å². The molecule has 1 aliphatic carbocycles. The first-order chi connectivity index (χ1) is 10.4. The highest BCUT2D eigenvalue weighted by atomic mass is 19.2. The van der Waals surface area contributed by atoms with Gasteiger partial charge in [0.1, 0.15) is 5.66 Å². The van der Waals surface area contributed by atoms with Crippen LogP contribution in [0.15, 0.2) is 22.1 Å². The summed E-state index contributed by atoms with van der Waals surface area (Å²) in [6, 6.07) is 2.10. The third kappa shape index (κ3) is 2.24. The average Bonchev–Trinajstić information content (AvgIpc) is 2.44. The fourth-order valence-electron chi connectivity index (χ4n) is 3.18. The van der Waals surface area contributed by atoms with Gasteiger partial charge in [-0.1, -0.05) is 6.42 Å². The average molecular weight is 309 g/mol. The molecule has 5 N–H and O–H groups in total. The molecule has 8 heteroatoms. The Balaban J connectivity index is 2.12. The van der Waals surface area contributed by atoms with Crippen molar-refractivity contribution in [3.63, 3.8) is 0 Å². The van der Waals surface area contributed by atoms with Crippen molar-refractivity contribution in [1.82, 2.24) is 0 Å². The molecule has 1 heterocycles. The van der Waals surface area contributed by atoms with Crippen LogP contribution in [0.2, 0.25) is 0 Å². The van der Waals surface area contributed by atoms with Gasteiger partial charge in [0, 0.05) is 12.1 Å². The summed E-state index contributed by atoms with van der Waals surface area (Å²) >= 11 is 0. The second-order valence-electron chi connectivity index (χ2n) is 5.58. The molecular weight excluding hydrogens is 292 g/mol. The molecule has 1 aromatic carbocycles. The van der Waals surface area contributed by atoms with Crippen LogP contribution in [0.4, 0.5) is 14.5 Å². The van der Waals surface area contributed by atoms with Gasteiger partial charge in [0.15, 0.2) is 17.4 Å². The largest absolute Gasteiger partial charge is 0.505 e. The summed E-state index contributed by atoms with van der Waals surface area (Å²) in [7, 11) is 0. The van der Waals surface area contributed by atoms with Crippen molar-refractivity contribution in [2.45, 2.75) is 37.8 Å². The molecule has 0 atom stereocenters. The number of aromatic hydroxyl groups is 1. The summed E-state index contributed by atoms with van der Waals surface area (Å²) in [5.74, 6) is -3.10. The number of hydrogen-bond acceptors (Lipinski definition) is 6. The fourth-order valence-corrected chi connectivity index (χ4v) is 3.18. The summed E-state index contributed by atoms with van der Waals surface area (Å²) in [5.41, 5.74) is 11.1. The zero-order chi connectivity index (χ0) is 15.9. The van der Waals surface area contributed by atoms with E-state index in [1.807, 2.05) is 0 Å². The second kappa shape index (κ2) is 5.11. The predicted molar refractivity (Wildman–Crippen MR) is 79.6 cm³/mol. The lowest BCUT2D eigenvalue weighted by atomic mass is 9.87. The van der Waals surface area contributed by atoms with Crippen molar-refractivity contribution in [1.29, 1.82) is 0 Å². The molecule has 0 saturated heterocycles. The van der Waals surface area contributed by atoms with E-state index < -0.39 is 23.0 Å². The van der Waals surface area contributed by atoms with Gasteiger partial charge in [-0.3, -0.25) is 4.90 Å². The minimum atomic E-state index is -1.29. The van der Waals surface area contributed by atoms with E-state index in [1.54, 1.807) is 0 Å². The highest BCUT2D eigenvalue weighted by Crippen LogP contribution is 2.40. The SMILES string of the molecule is NC1=NC2(CCCCC2)N(c2cc(O)c(F)c(F)c2)C(N)=N1. The van der Waals surface area contributed by atoms with E-state index in [-0.39, 0.29) is 17.6 Å². The standard InChI is InChI=1S/C14H17F2N5O/c15-9-6-8(7-10(22)11(9)16)21-13(18)19-12(17)20-14(21)4-2-1-3-5-14/h6-7,22H,1-5H2,(H4,17,18,19,20). The number of benzene rings is 1. The maximum absolute atomic E-state index is 13.7. The molecule has 6 nitrogen and oxygen atoms in total. The number of nitrogens with two attached hydrogens (primary N) is 2. The van der Waals surface area contributed by atoms with Crippen molar-refractivity contribution in [2.24, 2.45) is 21.5 Å². The molecule has 3 rings (SSSR count). The Morgan fingerprint density at radius 2 is 1.82 bits per heavy atom. The Hall–Kier alpha value is -2.38. The molecule has 22 heavy (non-hydrogen) atoms. The maximum atomic E-state index is 13.7. The lowest BCUT2D eigenvalue weighted by Crippen LogP contribution is -2.58. The summed E-state index contributed by atoms with van der Waals surface area (Å²) in [6.45, 7) is 0. The van der Waals surface area contributed by atoms with Crippen molar-refractivity contribution < 1.29 is 13.9 Å². The van der Waals surface area contributed by atoms with Crippen molar-refractivity contribution in [2.75, 3.05) is 4.90 Å². The van der Waals surface area contributed by atoms with E-state index in [1.165, 1.54) is 4.90 Å². The quantitative estimate of drug-likeness (QED) is 0.736. The Kier molecular flexibility index (Phi) is 3.38. The minimum absolute atomic E-state index is 0.0554. The molecular formula is C14H17F2N5O. The molecule has 1 saturated carbocycles. The van der Waals surface area contributed by atoms with Crippen molar-refractivity contribution >= 4 is 17.6 Å². The molecule has 1 spiro atoms. The summed E-state index contributed by atoms with van der Waals surface area (Å²) < 4.78 is 27.0. The minimum Gasteiger partial charge on any atom is -0.505 e. The monoisotopic (exact) mass is 309 g/mol. The molecule has 0 aromatic heterocycles. The third-order valence-corrected chi connectivity index (χ3v) is 4.10. The van der Waals surface area contributed by atoms with E-state index in [4.69, 9.17) is 11.5 Å². The number of anilines is 1. The number of phenols is 1. The van der Waals surface area contributed by atoms with Gasteiger partial charge in [-0.2, -0.15) is 9.38 Å². The molecule has 2 aliphatic rings. The van der Waals surface area contributed by atoms with Gasteiger partial charge >= 0.3 is 0 Å². The molecule has 1 fully saturated rings. The van der Waals surface area contributed by atoms with E-state index in [9.17, 15) is 13.9 Å². The second-order valence-corrected chi connectivity index (χ2v) is 5.58. The van der Waals surface area contributed by atoms with Crippen LogP contribution in [-0.2, 0) is 0 Å². The molecule has 118 valence electrons. The van der Waals surface area contributed by atoms with Crippen LogP contribution < -0.4 is 16.4 Å². The first-order valence-electron chi connectivity index (χ1n) is 7.11. The molecule has 0 bridgehead atoms. The third-order valence-electron chi connectivity index (χ3n) is 4.10. The highest BCUT2D eigenvalue weighted by Gasteiger charge is 2.43. The van der Waals surface area contributed by atoms with E-state index in [0.717, 1.165) is 31.4 Å². The topological polar surface area (TPSA) is 100 Å². The van der Waals surface area contributed by atoms with Gasteiger partial charge in [0.05, 0.1) is 5.69 Å². The van der Waals surface area contributed by atoms with Crippen LogP contribution >= 0.6 is 0 Å². The van der Waals surface area contributed by atoms with Gasteiger partial charge in [-0.05, 0) is 25.7 Å². The van der Waals surface area contributed by atoms with E-state index in [2.05, 4.69) is 9.98 Å². The van der Waals surface area contributed by atoms with Gasteiger partial charge in [-0.15, -0.1) is 0 Å². The fraction of sp³-hybridized carbons (Fsp3) is 0.429. The number of hydrogen-bond donors (Lipinski definition) is 3. The number of phenolic OH excluding ortho intramolecular Hbond substituents is 1. The Morgan fingerprint density at radius 3 is 2.45 bits per heavy atom. The number of rotatable bonds is 1. The first kappa shape index (κ1) is 14.6. The maximum Gasteiger partial charge on any atom is 0.220 e. The van der Waals surface area contributed by atoms with Crippen molar-refractivity contribution in [3.8, 4) is 5.75 Å². The summed E-state index contributed by atoms with van der Waals surface area (Å²) in [5, 5.41) is 9.55. The van der Waals surface area contributed by atoms with Crippen molar-refractivity contribution in [3.05, 3.63) is 23.8 Å². The normalized spacial score (nSPS) is 20.7. The molecule has 1 aliphatic heterocycles. The van der Waals surface area contributed by atoms with Crippen LogP contribution in [0.1, 0.15) is 32.1 Å². The van der Waals surface area contributed by atoms with Crippen LogP contribution in [-0.4, -0.2) is 22.7 Å². The van der Waals surface area contributed by atoms with Crippen LogP contribution in [0.25, 0.3) is 0 Å². The highest BCUT2D eigenvalue weighted by molar-refractivity contribution is 6.05. The van der Waals surface area contributed by atoms with Crippen LogP contribution in [0, 0.1) is 11.6 Å². The lowest BCUT2D eigenvalue weighted by Gasteiger charge is -2.45. The Labute approximate surface area is 126 Å². The summed E-state index contributed by atoms with van der Waals surface area (Å²) in [4.78, 5) is 9.87. The number of guanidine groups is 2.